The van der Waals surface area contributed by atoms with E-state index in [4.69, 9.17) is 5.73 Å². The van der Waals surface area contributed by atoms with Crippen LogP contribution in [0.3, 0.4) is 0 Å². The van der Waals surface area contributed by atoms with Gasteiger partial charge in [-0.3, -0.25) is 9.59 Å². The topological polar surface area (TPSA) is 75.4 Å². The summed E-state index contributed by atoms with van der Waals surface area (Å²) in [6.45, 7) is 0.777. The predicted octanol–water partition coefficient (Wildman–Crippen LogP) is -0.363. The van der Waals surface area contributed by atoms with E-state index in [-0.39, 0.29) is 30.3 Å². The van der Waals surface area contributed by atoms with Crippen LogP contribution in [0.4, 0.5) is 0 Å². The van der Waals surface area contributed by atoms with Crippen LogP contribution < -0.4 is 11.1 Å². The largest absolute Gasteiger partial charge is 0.344 e. The van der Waals surface area contributed by atoms with Crippen LogP contribution in [0.5, 0.6) is 0 Å². The number of carbonyl (C=O) groups is 2. The quantitative estimate of drug-likeness (QED) is 0.700. The van der Waals surface area contributed by atoms with Gasteiger partial charge in [0, 0.05) is 13.6 Å². The number of nitrogens with two attached hydrogens (primary N) is 1. The van der Waals surface area contributed by atoms with Crippen molar-refractivity contribution in [2.75, 3.05) is 13.6 Å². The average molecular weight is 248 g/mol. The minimum absolute atomic E-state index is 0. The fourth-order valence-corrected chi connectivity index (χ4v) is 1.83. The molecular formula is C10H18ClN3O2. The zero-order valence-corrected chi connectivity index (χ0v) is 10.2. The molecule has 2 aliphatic rings. The van der Waals surface area contributed by atoms with Crippen LogP contribution in [-0.2, 0) is 9.59 Å². The van der Waals surface area contributed by atoms with E-state index in [0.717, 1.165) is 32.2 Å². The monoisotopic (exact) mass is 247 g/mol. The van der Waals surface area contributed by atoms with E-state index in [1.54, 1.807) is 11.9 Å². The van der Waals surface area contributed by atoms with Crippen molar-refractivity contribution in [2.24, 2.45) is 5.73 Å². The molecule has 5 nitrogen and oxygen atoms in total. The molecule has 16 heavy (non-hydrogen) atoms. The lowest BCUT2D eigenvalue weighted by molar-refractivity contribution is -0.138. The van der Waals surface area contributed by atoms with Gasteiger partial charge in [0.15, 0.2) is 0 Å². The molecule has 1 aliphatic heterocycles. The van der Waals surface area contributed by atoms with Gasteiger partial charge >= 0.3 is 0 Å². The molecule has 0 aromatic carbocycles. The Morgan fingerprint density at radius 2 is 2.19 bits per heavy atom. The molecule has 3 N–H and O–H groups in total. The van der Waals surface area contributed by atoms with Crippen LogP contribution in [-0.4, -0.2) is 41.9 Å². The van der Waals surface area contributed by atoms with Crippen LogP contribution in [0.1, 0.15) is 25.7 Å². The third-order valence-electron chi connectivity index (χ3n) is 3.21. The normalized spacial score (nSPS) is 27.0. The van der Waals surface area contributed by atoms with Crippen LogP contribution in [0.15, 0.2) is 0 Å². The van der Waals surface area contributed by atoms with Crippen molar-refractivity contribution < 1.29 is 9.59 Å². The summed E-state index contributed by atoms with van der Waals surface area (Å²) < 4.78 is 0. The van der Waals surface area contributed by atoms with E-state index < -0.39 is 5.54 Å². The molecule has 0 radical (unpaired) electrons. The SMILES string of the molecule is CN1CCCC(NC(=O)C2(N)CC2)C1=O.Cl. The van der Waals surface area contributed by atoms with Gasteiger partial charge in [-0.05, 0) is 25.7 Å². The summed E-state index contributed by atoms with van der Waals surface area (Å²) in [6.07, 6.45) is 3.13. The van der Waals surface area contributed by atoms with Crippen molar-refractivity contribution in [1.29, 1.82) is 0 Å². The Balaban J connectivity index is 0.00000128. The van der Waals surface area contributed by atoms with Crippen molar-refractivity contribution in [3.63, 3.8) is 0 Å². The Morgan fingerprint density at radius 3 is 2.75 bits per heavy atom. The molecule has 2 amide bonds. The molecule has 0 aromatic heterocycles. The maximum atomic E-state index is 11.7. The molecule has 1 aliphatic carbocycles. The zero-order chi connectivity index (χ0) is 11.1. The number of nitrogens with one attached hydrogen (secondary N) is 1. The second-order valence-corrected chi connectivity index (χ2v) is 4.58. The lowest BCUT2D eigenvalue weighted by Crippen LogP contribution is -2.55. The van der Waals surface area contributed by atoms with E-state index in [2.05, 4.69) is 5.32 Å². The first-order chi connectivity index (χ1) is 7.03. The smallest absolute Gasteiger partial charge is 0.244 e. The predicted molar refractivity (Wildman–Crippen MR) is 62.2 cm³/mol. The van der Waals surface area contributed by atoms with Crippen molar-refractivity contribution >= 4 is 24.2 Å². The molecule has 6 heteroatoms. The minimum atomic E-state index is -0.684. The lowest BCUT2D eigenvalue weighted by Gasteiger charge is -2.30. The van der Waals surface area contributed by atoms with Crippen molar-refractivity contribution in [2.45, 2.75) is 37.3 Å². The van der Waals surface area contributed by atoms with Gasteiger partial charge in [0.05, 0.1) is 5.54 Å². The molecule has 2 fully saturated rings. The zero-order valence-electron chi connectivity index (χ0n) is 9.36. The van der Waals surface area contributed by atoms with Gasteiger partial charge in [0.1, 0.15) is 6.04 Å². The fraction of sp³-hybridized carbons (Fsp3) is 0.800. The highest BCUT2D eigenvalue weighted by atomic mass is 35.5. The first kappa shape index (κ1) is 13.3. The molecule has 1 heterocycles. The Bertz CT molecular complexity index is 304. The minimum Gasteiger partial charge on any atom is -0.344 e. The number of carbonyl (C=O) groups excluding carboxylic acids is 2. The standard InChI is InChI=1S/C10H17N3O2.ClH/c1-13-6-2-3-7(8(13)14)12-9(15)10(11)4-5-10;/h7H,2-6,11H2,1H3,(H,12,15);1H. The summed E-state index contributed by atoms with van der Waals surface area (Å²) in [4.78, 5) is 25.0. The molecule has 1 atom stereocenters. The molecule has 0 aromatic rings. The van der Waals surface area contributed by atoms with Crippen molar-refractivity contribution in [3.8, 4) is 0 Å². The third-order valence-corrected chi connectivity index (χ3v) is 3.21. The molecule has 0 bridgehead atoms. The molecule has 2 rings (SSSR count). The van der Waals surface area contributed by atoms with Gasteiger partial charge in [-0.1, -0.05) is 0 Å². The number of likely N-dealkylation sites (N-methyl/N-ethyl adjacent to an activating group) is 1. The maximum absolute atomic E-state index is 11.7. The van der Waals surface area contributed by atoms with Gasteiger partial charge in [-0.25, -0.2) is 0 Å². The molecule has 0 spiro atoms. The van der Waals surface area contributed by atoms with E-state index >= 15 is 0 Å². The fourth-order valence-electron chi connectivity index (χ4n) is 1.83. The number of halogens is 1. The Labute approximate surface area is 101 Å². The number of nitrogens with zero attached hydrogens (tertiary/aromatic N) is 1. The molecule has 1 unspecified atom stereocenters. The first-order valence-electron chi connectivity index (χ1n) is 5.38. The lowest BCUT2D eigenvalue weighted by atomic mass is 10.0. The number of rotatable bonds is 2. The highest BCUT2D eigenvalue weighted by molar-refractivity contribution is 5.93. The Kier molecular flexibility index (Phi) is 3.80. The Morgan fingerprint density at radius 1 is 1.56 bits per heavy atom. The summed E-state index contributed by atoms with van der Waals surface area (Å²) >= 11 is 0. The van der Waals surface area contributed by atoms with Gasteiger partial charge in [-0.2, -0.15) is 0 Å². The van der Waals surface area contributed by atoms with Gasteiger partial charge < -0.3 is 16.0 Å². The van der Waals surface area contributed by atoms with E-state index in [9.17, 15) is 9.59 Å². The molecule has 1 saturated heterocycles. The van der Waals surface area contributed by atoms with E-state index in [1.807, 2.05) is 0 Å². The van der Waals surface area contributed by atoms with E-state index in [0.29, 0.717) is 0 Å². The number of piperidine rings is 1. The number of likely N-dealkylation sites (tertiary alicyclic amines) is 1. The van der Waals surface area contributed by atoms with Crippen LogP contribution in [0.25, 0.3) is 0 Å². The summed E-state index contributed by atoms with van der Waals surface area (Å²) in [5.41, 5.74) is 5.07. The summed E-state index contributed by atoms with van der Waals surface area (Å²) in [6, 6.07) is -0.364. The number of hydrogen-bond acceptors (Lipinski definition) is 3. The maximum Gasteiger partial charge on any atom is 0.244 e. The summed E-state index contributed by atoms with van der Waals surface area (Å²) in [7, 11) is 1.76. The second-order valence-electron chi connectivity index (χ2n) is 4.58. The van der Waals surface area contributed by atoms with Crippen LogP contribution in [0, 0.1) is 0 Å². The first-order valence-corrected chi connectivity index (χ1v) is 5.38. The highest BCUT2D eigenvalue weighted by Crippen LogP contribution is 2.32. The Hall–Kier alpha value is -0.810. The average Bonchev–Trinajstić information content (AvgIpc) is 2.93. The van der Waals surface area contributed by atoms with Crippen molar-refractivity contribution in [1.82, 2.24) is 10.2 Å². The number of hydrogen-bond donors (Lipinski definition) is 2. The molecule has 92 valence electrons. The van der Waals surface area contributed by atoms with Crippen LogP contribution in [0.2, 0.25) is 0 Å². The van der Waals surface area contributed by atoms with Gasteiger partial charge in [-0.15, -0.1) is 12.4 Å². The van der Waals surface area contributed by atoms with Gasteiger partial charge in [0.2, 0.25) is 11.8 Å². The molecular weight excluding hydrogens is 230 g/mol. The molecule has 1 saturated carbocycles. The van der Waals surface area contributed by atoms with E-state index in [1.165, 1.54) is 0 Å². The highest BCUT2D eigenvalue weighted by Gasteiger charge is 2.47. The second kappa shape index (κ2) is 4.59. The van der Waals surface area contributed by atoms with Gasteiger partial charge in [0.25, 0.3) is 0 Å². The summed E-state index contributed by atoms with van der Waals surface area (Å²) in [5.74, 6) is -0.171. The van der Waals surface area contributed by atoms with Crippen molar-refractivity contribution in [3.05, 3.63) is 0 Å². The third kappa shape index (κ3) is 2.47. The van der Waals surface area contributed by atoms with Crippen LogP contribution >= 0.6 is 12.4 Å². The number of amides is 2. The summed E-state index contributed by atoms with van der Waals surface area (Å²) in [5, 5.41) is 2.75.